The minimum Gasteiger partial charge on any atom is -0.311 e. The van der Waals surface area contributed by atoms with E-state index in [4.69, 9.17) is 0 Å². The highest BCUT2D eigenvalue weighted by molar-refractivity contribution is 5.81. The minimum atomic E-state index is 0.0732. The molecule has 0 bridgehead atoms. The van der Waals surface area contributed by atoms with E-state index in [0.29, 0.717) is 6.54 Å². The van der Waals surface area contributed by atoms with Crippen molar-refractivity contribution in [2.75, 3.05) is 0 Å². The summed E-state index contributed by atoms with van der Waals surface area (Å²) in [6.07, 6.45) is 1.88. The van der Waals surface area contributed by atoms with Crippen LogP contribution in [0.2, 0.25) is 0 Å². The number of aryl methyl sites for hydroxylation is 2. The lowest BCUT2D eigenvalue weighted by Gasteiger charge is -2.10. The zero-order chi connectivity index (χ0) is 14.1. The molecule has 0 radical (unpaired) electrons. The van der Waals surface area contributed by atoms with E-state index in [-0.39, 0.29) is 5.56 Å². The fourth-order valence-corrected chi connectivity index (χ4v) is 2.51. The Hall–Kier alpha value is -2.35. The summed E-state index contributed by atoms with van der Waals surface area (Å²) < 4.78 is 1.78. The molecule has 0 unspecified atom stereocenters. The van der Waals surface area contributed by atoms with Crippen molar-refractivity contribution in [3.05, 3.63) is 81.8 Å². The van der Waals surface area contributed by atoms with Crippen molar-refractivity contribution < 1.29 is 0 Å². The Balaban J connectivity index is 2.09. The van der Waals surface area contributed by atoms with Gasteiger partial charge in [0, 0.05) is 11.6 Å². The molecule has 0 spiro atoms. The number of hydrogen-bond donors (Lipinski definition) is 0. The summed E-state index contributed by atoms with van der Waals surface area (Å²) in [4.78, 5) is 12.5. The molecule has 2 heteroatoms. The maximum absolute atomic E-state index is 12.5. The second-order valence-corrected chi connectivity index (χ2v) is 5.27. The van der Waals surface area contributed by atoms with Crippen LogP contribution in [-0.2, 0) is 6.54 Å². The number of fused-ring (bicyclic) bond motifs is 1. The van der Waals surface area contributed by atoms with Crippen molar-refractivity contribution in [3.63, 3.8) is 0 Å². The molecule has 0 aliphatic rings. The van der Waals surface area contributed by atoms with Crippen LogP contribution in [-0.4, -0.2) is 4.57 Å². The van der Waals surface area contributed by atoms with Gasteiger partial charge in [-0.05, 0) is 42.5 Å². The maximum atomic E-state index is 12.5. The van der Waals surface area contributed by atoms with E-state index in [1.807, 2.05) is 36.5 Å². The molecule has 0 atom stereocenters. The van der Waals surface area contributed by atoms with E-state index in [1.165, 1.54) is 16.7 Å². The Morgan fingerprint density at radius 3 is 2.65 bits per heavy atom. The van der Waals surface area contributed by atoms with Gasteiger partial charge in [-0.15, -0.1) is 0 Å². The van der Waals surface area contributed by atoms with Crippen LogP contribution in [0.3, 0.4) is 0 Å². The smallest absolute Gasteiger partial charge is 0.258 e. The summed E-state index contributed by atoms with van der Waals surface area (Å²) in [6, 6.07) is 16.1. The molecule has 3 rings (SSSR count). The lowest BCUT2D eigenvalue weighted by atomic mass is 10.1. The summed E-state index contributed by atoms with van der Waals surface area (Å²) in [7, 11) is 0. The fraction of sp³-hybridized carbons (Fsp3) is 0.167. The molecular formula is C18H17NO. The van der Waals surface area contributed by atoms with Crippen LogP contribution >= 0.6 is 0 Å². The molecule has 0 aliphatic heterocycles. The Kier molecular flexibility index (Phi) is 3.15. The monoisotopic (exact) mass is 263 g/mol. The third-order valence-electron chi connectivity index (χ3n) is 3.73. The minimum absolute atomic E-state index is 0.0732. The van der Waals surface area contributed by atoms with Crippen molar-refractivity contribution >= 4 is 10.8 Å². The lowest BCUT2D eigenvalue weighted by molar-refractivity contribution is 0.763. The zero-order valence-electron chi connectivity index (χ0n) is 11.8. The van der Waals surface area contributed by atoms with Gasteiger partial charge < -0.3 is 4.57 Å². The van der Waals surface area contributed by atoms with Crippen LogP contribution in [0.15, 0.2) is 59.5 Å². The SMILES string of the molecule is Cc1ccc(C)c(Cn2ccc3ccccc3c2=O)c1. The van der Waals surface area contributed by atoms with Crippen LogP contribution in [0, 0.1) is 13.8 Å². The van der Waals surface area contributed by atoms with E-state index < -0.39 is 0 Å². The van der Waals surface area contributed by atoms with Gasteiger partial charge >= 0.3 is 0 Å². The van der Waals surface area contributed by atoms with E-state index in [0.717, 1.165) is 10.8 Å². The van der Waals surface area contributed by atoms with Gasteiger partial charge in [0.15, 0.2) is 0 Å². The van der Waals surface area contributed by atoms with Crippen LogP contribution in [0.5, 0.6) is 0 Å². The first-order valence-corrected chi connectivity index (χ1v) is 6.79. The predicted octanol–water partition coefficient (Wildman–Crippen LogP) is 3.67. The highest BCUT2D eigenvalue weighted by Gasteiger charge is 2.05. The topological polar surface area (TPSA) is 22.0 Å². The lowest BCUT2D eigenvalue weighted by Crippen LogP contribution is -2.20. The molecule has 1 heterocycles. The summed E-state index contributed by atoms with van der Waals surface area (Å²) in [5, 5.41) is 1.77. The molecule has 0 N–H and O–H groups in total. The van der Waals surface area contributed by atoms with Crippen LogP contribution in [0.25, 0.3) is 10.8 Å². The third-order valence-corrected chi connectivity index (χ3v) is 3.73. The van der Waals surface area contributed by atoms with Crippen molar-refractivity contribution in [2.45, 2.75) is 20.4 Å². The van der Waals surface area contributed by atoms with E-state index in [2.05, 4.69) is 32.0 Å². The Morgan fingerprint density at radius 1 is 1.00 bits per heavy atom. The Morgan fingerprint density at radius 2 is 1.80 bits per heavy atom. The zero-order valence-corrected chi connectivity index (χ0v) is 11.8. The van der Waals surface area contributed by atoms with Gasteiger partial charge in [-0.25, -0.2) is 0 Å². The number of aromatic nitrogens is 1. The van der Waals surface area contributed by atoms with Gasteiger partial charge in [0.2, 0.25) is 0 Å². The number of rotatable bonds is 2. The Bertz CT molecular complexity index is 830. The molecule has 2 nitrogen and oxygen atoms in total. The molecular weight excluding hydrogens is 246 g/mol. The summed E-state index contributed by atoms with van der Waals surface area (Å²) in [5.74, 6) is 0. The van der Waals surface area contributed by atoms with E-state index in [1.54, 1.807) is 4.57 Å². The second kappa shape index (κ2) is 4.97. The molecule has 3 aromatic rings. The van der Waals surface area contributed by atoms with Gasteiger partial charge in [0.1, 0.15) is 0 Å². The quantitative estimate of drug-likeness (QED) is 0.691. The van der Waals surface area contributed by atoms with Gasteiger partial charge in [-0.3, -0.25) is 4.79 Å². The number of benzene rings is 2. The van der Waals surface area contributed by atoms with Crippen molar-refractivity contribution in [1.29, 1.82) is 0 Å². The fourth-order valence-electron chi connectivity index (χ4n) is 2.51. The van der Waals surface area contributed by atoms with Gasteiger partial charge in [-0.1, -0.05) is 42.0 Å². The first-order chi connectivity index (χ1) is 9.65. The molecule has 0 aliphatic carbocycles. The van der Waals surface area contributed by atoms with Gasteiger partial charge in [-0.2, -0.15) is 0 Å². The van der Waals surface area contributed by atoms with E-state index in [9.17, 15) is 4.79 Å². The first-order valence-electron chi connectivity index (χ1n) is 6.79. The average Bonchev–Trinajstić information content (AvgIpc) is 2.46. The normalized spacial score (nSPS) is 10.9. The summed E-state index contributed by atoms with van der Waals surface area (Å²) in [6.45, 7) is 4.78. The molecule has 1 aromatic heterocycles. The highest BCUT2D eigenvalue weighted by Crippen LogP contribution is 2.13. The first kappa shape index (κ1) is 12.7. The summed E-state index contributed by atoms with van der Waals surface area (Å²) in [5.41, 5.74) is 3.71. The summed E-state index contributed by atoms with van der Waals surface area (Å²) >= 11 is 0. The molecule has 0 saturated heterocycles. The van der Waals surface area contributed by atoms with Crippen molar-refractivity contribution in [3.8, 4) is 0 Å². The number of nitrogens with zero attached hydrogens (tertiary/aromatic N) is 1. The molecule has 0 amide bonds. The predicted molar refractivity (Wildman–Crippen MR) is 83.2 cm³/mol. The molecule has 20 heavy (non-hydrogen) atoms. The highest BCUT2D eigenvalue weighted by atomic mass is 16.1. The number of hydrogen-bond acceptors (Lipinski definition) is 1. The molecule has 2 aromatic carbocycles. The maximum Gasteiger partial charge on any atom is 0.258 e. The van der Waals surface area contributed by atoms with Gasteiger partial charge in [0.05, 0.1) is 6.54 Å². The van der Waals surface area contributed by atoms with Crippen LogP contribution in [0.1, 0.15) is 16.7 Å². The van der Waals surface area contributed by atoms with Crippen LogP contribution < -0.4 is 5.56 Å². The second-order valence-electron chi connectivity index (χ2n) is 5.27. The van der Waals surface area contributed by atoms with Gasteiger partial charge in [0.25, 0.3) is 5.56 Å². The Labute approximate surface area is 118 Å². The largest absolute Gasteiger partial charge is 0.311 e. The van der Waals surface area contributed by atoms with Crippen molar-refractivity contribution in [1.82, 2.24) is 4.57 Å². The standard InChI is InChI=1S/C18H17NO/c1-13-7-8-14(2)16(11-13)12-19-10-9-15-5-3-4-6-17(15)18(19)20/h3-11H,12H2,1-2H3. The van der Waals surface area contributed by atoms with Crippen LogP contribution in [0.4, 0.5) is 0 Å². The number of pyridine rings is 1. The molecule has 100 valence electrons. The average molecular weight is 263 g/mol. The molecule has 0 saturated carbocycles. The van der Waals surface area contributed by atoms with Crippen molar-refractivity contribution in [2.24, 2.45) is 0 Å². The molecule has 0 fully saturated rings. The third kappa shape index (κ3) is 2.25. The van der Waals surface area contributed by atoms with E-state index >= 15 is 0 Å².